The quantitative estimate of drug-likeness (QED) is 0.477. The van der Waals surface area contributed by atoms with Gasteiger partial charge in [0.15, 0.2) is 0 Å². The summed E-state index contributed by atoms with van der Waals surface area (Å²) in [5.74, 6) is 1.81. The molecule has 1 amide bonds. The van der Waals surface area contributed by atoms with Gasteiger partial charge in [-0.3, -0.25) is 4.79 Å². The van der Waals surface area contributed by atoms with Gasteiger partial charge in [-0.05, 0) is 109 Å². The molecule has 2 aromatic carbocycles. The molecule has 1 fully saturated rings. The average molecular weight is 477 g/mol. The number of fused-ring (bicyclic) bond motifs is 2. The molecule has 1 saturated heterocycles. The first-order chi connectivity index (χ1) is 16.5. The number of hydrogen-bond acceptors (Lipinski definition) is 4. The van der Waals surface area contributed by atoms with E-state index >= 15 is 0 Å². The van der Waals surface area contributed by atoms with E-state index in [0.717, 1.165) is 44.8 Å². The summed E-state index contributed by atoms with van der Waals surface area (Å²) in [5, 5.41) is 3.67. The van der Waals surface area contributed by atoms with Crippen molar-refractivity contribution in [2.45, 2.75) is 46.0 Å². The van der Waals surface area contributed by atoms with Gasteiger partial charge in [0.05, 0.1) is 13.5 Å². The van der Waals surface area contributed by atoms with Crippen LogP contribution in [-0.2, 0) is 24.1 Å². The van der Waals surface area contributed by atoms with Crippen molar-refractivity contribution in [3.63, 3.8) is 0 Å². The Bertz CT molecular complexity index is 1180. The van der Waals surface area contributed by atoms with E-state index in [-0.39, 0.29) is 0 Å². The summed E-state index contributed by atoms with van der Waals surface area (Å²) < 4.78 is 6.68. The normalized spacial score (nSPS) is 19.3. The highest BCUT2D eigenvalue weighted by Gasteiger charge is 2.26. The summed E-state index contributed by atoms with van der Waals surface area (Å²) >= 11 is 1.81. The van der Waals surface area contributed by atoms with Crippen molar-refractivity contribution in [3.8, 4) is 5.75 Å². The Kier molecular flexibility index (Phi) is 6.94. The van der Waals surface area contributed by atoms with Crippen LogP contribution in [0.4, 0.5) is 0 Å². The summed E-state index contributed by atoms with van der Waals surface area (Å²) in [6.07, 6.45) is 5.08. The van der Waals surface area contributed by atoms with Crippen molar-refractivity contribution in [2.75, 3.05) is 39.8 Å². The molecule has 0 radical (unpaired) electrons. The summed E-state index contributed by atoms with van der Waals surface area (Å²) in [4.78, 5) is 17.9. The first kappa shape index (κ1) is 23.4. The third-order valence-corrected chi connectivity index (χ3v) is 8.80. The van der Waals surface area contributed by atoms with Gasteiger partial charge < -0.3 is 14.5 Å². The maximum absolute atomic E-state index is 13.1. The second kappa shape index (κ2) is 10.1. The lowest BCUT2D eigenvalue weighted by Crippen LogP contribution is -2.43. The van der Waals surface area contributed by atoms with Crippen molar-refractivity contribution < 1.29 is 9.53 Å². The number of thiophene rings is 1. The molecule has 34 heavy (non-hydrogen) atoms. The van der Waals surface area contributed by atoms with Crippen LogP contribution in [0.2, 0.25) is 0 Å². The van der Waals surface area contributed by atoms with Gasteiger partial charge >= 0.3 is 0 Å². The molecule has 0 N–H and O–H groups in total. The van der Waals surface area contributed by atoms with Crippen LogP contribution >= 0.6 is 11.3 Å². The second-order valence-corrected chi connectivity index (χ2v) is 11.1. The number of aryl methyl sites for hydroxylation is 2. The van der Waals surface area contributed by atoms with Crippen LogP contribution in [0.25, 0.3) is 10.1 Å². The summed E-state index contributed by atoms with van der Waals surface area (Å²) in [7, 11) is 1.72. The maximum atomic E-state index is 13.1. The van der Waals surface area contributed by atoms with Crippen LogP contribution in [0.3, 0.4) is 0 Å². The van der Waals surface area contributed by atoms with E-state index in [2.05, 4.69) is 59.4 Å². The summed E-state index contributed by atoms with van der Waals surface area (Å²) in [6.45, 7) is 9.45. The second-order valence-electron chi connectivity index (χ2n) is 10.2. The number of amides is 1. The fraction of sp³-hybridized carbons (Fsp3) is 0.483. The molecule has 4 nitrogen and oxygen atoms in total. The van der Waals surface area contributed by atoms with Crippen molar-refractivity contribution in [3.05, 3.63) is 63.5 Å². The number of benzene rings is 2. The Hall–Kier alpha value is -2.37. The average Bonchev–Trinajstić information content (AvgIpc) is 3.18. The first-order valence-electron chi connectivity index (χ1n) is 12.6. The standard InChI is InChI=1S/C29H36N2O2S/c1-20-13-23-9-12-31(29(32)15-25(23)14-21(20)2)18-22-5-4-10-30(17-22)11-8-24-19-34-28-16-26(33-3)6-7-27(24)28/h6-7,13-14,16,19,22H,4-5,8-12,15,17-18H2,1-3H3. The number of carbonyl (C=O) groups is 1. The summed E-state index contributed by atoms with van der Waals surface area (Å²) in [6, 6.07) is 10.9. The highest BCUT2D eigenvalue weighted by Crippen LogP contribution is 2.30. The molecular weight excluding hydrogens is 440 g/mol. The minimum Gasteiger partial charge on any atom is -0.497 e. The number of carbonyl (C=O) groups excluding carboxylic acids is 1. The molecule has 1 unspecified atom stereocenters. The van der Waals surface area contributed by atoms with Crippen LogP contribution in [-0.4, -0.2) is 55.5 Å². The molecule has 2 aliphatic rings. The number of piperidine rings is 1. The maximum Gasteiger partial charge on any atom is 0.227 e. The fourth-order valence-electron chi connectivity index (χ4n) is 5.66. The largest absolute Gasteiger partial charge is 0.497 e. The Morgan fingerprint density at radius 3 is 2.74 bits per heavy atom. The zero-order valence-corrected chi connectivity index (χ0v) is 21.5. The van der Waals surface area contributed by atoms with E-state index in [9.17, 15) is 4.79 Å². The number of nitrogens with zero attached hydrogens (tertiary/aromatic N) is 2. The van der Waals surface area contributed by atoms with Crippen molar-refractivity contribution in [1.82, 2.24) is 9.80 Å². The molecule has 5 heteroatoms. The lowest BCUT2D eigenvalue weighted by atomic mass is 9.96. The number of rotatable bonds is 6. The molecule has 1 aromatic heterocycles. The molecule has 1 atom stereocenters. The smallest absolute Gasteiger partial charge is 0.227 e. The van der Waals surface area contributed by atoms with Gasteiger partial charge in [-0.2, -0.15) is 0 Å². The monoisotopic (exact) mass is 476 g/mol. The molecule has 2 aliphatic heterocycles. The van der Waals surface area contributed by atoms with Crippen LogP contribution in [0.15, 0.2) is 35.7 Å². The molecule has 0 aliphatic carbocycles. The number of hydrogen-bond donors (Lipinski definition) is 0. The van der Waals surface area contributed by atoms with Crippen molar-refractivity contribution in [1.29, 1.82) is 0 Å². The number of methoxy groups -OCH3 is 1. The molecular formula is C29H36N2O2S. The highest BCUT2D eigenvalue weighted by molar-refractivity contribution is 7.17. The molecule has 5 rings (SSSR count). The van der Waals surface area contributed by atoms with Gasteiger partial charge in [-0.1, -0.05) is 12.1 Å². The Morgan fingerprint density at radius 2 is 1.91 bits per heavy atom. The molecule has 0 saturated carbocycles. The lowest BCUT2D eigenvalue weighted by molar-refractivity contribution is -0.131. The van der Waals surface area contributed by atoms with E-state index in [1.165, 1.54) is 57.3 Å². The van der Waals surface area contributed by atoms with Gasteiger partial charge in [0, 0.05) is 30.9 Å². The van der Waals surface area contributed by atoms with Gasteiger partial charge in [-0.25, -0.2) is 0 Å². The first-order valence-corrected chi connectivity index (χ1v) is 13.5. The van der Waals surface area contributed by atoms with Crippen molar-refractivity contribution >= 4 is 27.3 Å². The molecule has 0 bridgehead atoms. The van der Waals surface area contributed by atoms with E-state index < -0.39 is 0 Å². The Labute approximate surface area is 207 Å². The number of ether oxygens (including phenoxy) is 1. The zero-order chi connectivity index (χ0) is 23.7. The molecule has 3 heterocycles. The Morgan fingerprint density at radius 1 is 1.09 bits per heavy atom. The number of likely N-dealkylation sites (tertiary alicyclic amines) is 1. The van der Waals surface area contributed by atoms with E-state index in [1.807, 2.05) is 11.3 Å². The highest BCUT2D eigenvalue weighted by atomic mass is 32.1. The van der Waals surface area contributed by atoms with Crippen LogP contribution in [0.1, 0.15) is 40.7 Å². The minimum atomic E-state index is 0.305. The fourth-order valence-corrected chi connectivity index (χ4v) is 6.68. The van der Waals surface area contributed by atoms with Crippen LogP contribution in [0, 0.1) is 19.8 Å². The SMILES string of the molecule is COc1ccc2c(CCN3CCCC(CN4CCc5cc(C)c(C)cc5CC4=O)C3)csc2c1. The van der Waals surface area contributed by atoms with Crippen LogP contribution in [0.5, 0.6) is 5.75 Å². The van der Waals surface area contributed by atoms with Gasteiger partial charge in [0.2, 0.25) is 5.91 Å². The third-order valence-electron chi connectivity index (χ3n) is 7.80. The van der Waals surface area contributed by atoms with Gasteiger partial charge in [0.1, 0.15) is 5.75 Å². The molecule has 180 valence electrons. The summed E-state index contributed by atoms with van der Waals surface area (Å²) in [5.41, 5.74) is 6.67. The third kappa shape index (κ3) is 5.01. The van der Waals surface area contributed by atoms with E-state index in [0.29, 0.717) is 18.2 Å². The lowest BCUT2D eigenvalue weighted by Gasteiger charge is -2.35. The van der Waals surface area contributed by atoms with Gasteiger partial charge in [-0.15, -0.1) is 11.3 Å². The van der Waals surface area contributed by atoms with Crippen LogP contribution < -0.4 is 4.74 Å². The van der Waals surface area contributed by atoms with E-state index in [4.69, 9.17) is 4.74 Å². The predicted molar refractivity (Wildman–Crippen MR) is 141 cm³/mol. The van der Waals surface area contributed by atoms with E-state index in [1.54, 1.807) is 7.11 Å². The topological polar surface area (TPSA) is 32.8 Å². The predicted octanol–water partition coefficient (Wildman–Crippen LogP) is 5.41. The molecule has 0 spiro atoms. The zero-order valence-electron chi connectivity index (χ0n) is 20.7. The van der Waals surface area contributed by atoms with Gasteiger partial charge in [0.25, 0.3) is 0 Å². The minimum absolute atomic E-state index is 0.305. The molecule has 3 aromatic rings. The van der Waals surface area contributed by atoms with Crippen molar-refractivity contribution in [2.24, 2.45) is 5.92 Å². The Balaban J connectivity index is 1.18.